The van der Waals surface area contributed by atoms with Gasteiger partial charge >= 0.3 is 0 Å². The molecule has 2 N–H and O–H groups in total. The first-order chi connectivity index (χ1) is 8.11. The van der Waals surface area contributed by atoms with Crippen molar-refractivity contribution >= 4 is 0 Å². The lowest BCUT2D eigenvalue weighted by Crippen LogP contribution is -2.19. The monoisotopic (exact) mass is 237 g/mol. The van der Waals surface area contributed by atoms with Crippen LogP contribution in [-0.4, -0.2) is 7.11 Å². The van der Waals surface area contributed by atoms with Gasteiger partial charge in [0.2, 0.25) is 0 Å². The van der Waals surface area contributed by atoms with Gasteiger partial charge in [-0.15, -0.1) is 0 Å². The van der Waals surface area contributed by atoms with Gasteiger partial charge in [-0.05, 0) is 42.4 Å². The second kappa shape index (κ2) is 5.05. The van der Waals surface area contributed by atoms with E-state index < -0.39 is 0 Å². The molecular weight excluding hydrogens is 217 g/mol. The summed E-state index contributed by atoms with van der Waals surface area (Å²) in [5.74, 6) is 1.18. The van der Waals surface area contributed by atoms with Gasteiger partial charge in [0, 0.05) is 6.04 Å². The third-order valence-corrected chi connectivity index (χ3v) is 3.80. The van der Waals surface area contributed by atoms with E-state index in [4.69, 9.17) is 10.5 Å². The molecule has 17 heavy (non-hydrogen) atoms. The van der Waals surface area contributed by atoms with Crippen molar-refractivity contribution in [2.24, 2.45) is 17.6 Å². The van der Waals surface area contributed by atoms with E-state index in [-0.39, 0.29) is 17.6 Å². The lowest BCUT2D eigenvalue weighted by Gasteiger charge is -2.20. The van der Waals surface area contributed by atoms with Crippen LogP contribution in [0.15, 0.2) is 18.2 Å². The van der Waals surface area contributed by atoms with Crippen LogP contribution in [0.1, 0.15) is 37.8 Å². The summed E-state index contributed by atoms with van der Waals surface area (Å²) in [6, 6.07) is 4.98. The van der Waals surface area contributed by atoms with E-state index in [0.717, 1.165) is 24.3 Å². The van der Waals surface area contributed by atoms with Crippen molar-refractivity contribution in [2.45, 2.75) is 32.2 Å². The van der Waals surface area contributed by atoms with Crippen LogP contribution >= 0.6 is 0 Å². The second-order valence-corrected chi connectivity index (χ2v) is 5.10. The summed E-state index contributed by atoms with van der Waals surface area (Å²) in [5, 5.41) is 0. The molecule has 2 nitrogen and oxygen atoms in total. The molecule has 3 heteroatoms. The summed E-state index contributed by atoms with van der Waals surface area (Å²) in [6.45, 7) is 2.25. The number of rotatable bonds is 3. The van der Waals surface area contributed by atoms with Crippen LogP contribution < -0.4 is 10.5 Å². The van der Waals surface area contributed by atoms with Crippen LogP contribution in [0.5, 0.6) is 5.75 Å². The minimum atomic E-state index is -0.327. The van der Waals surface area contributed by atoms with E-state index in [1.165, 1.54) is 19.6 Å². The molecule has 1 aliphatic rings. The summed E-state index contributed by atoms with van der Waals surface area (Å²) in [6.07, 6.45) is 3.53. The second-order valence-electron chi connectivity index (χ2n) is 5.10. The maximum Gasteiger partial charge on any atom is 0.165 e. The van der Waals surface area contributed by atoms with Crippen LogP contribution in [0, 0.1) is 17.7 Å². The molecule has 0 radical (unpaired) electrons. The summed E-state index contributed by atoms with van der Waals surface area (Å²) in [4.78, 5) is 0. The molecular formula is C14H20FNO. The average Bonchev–Trinajstić information content (AvgIpc) is 2.75. The molecule has 3 atom stereocenters. The van der Waals surface area contributed by atoms with Crippen molar-refractivity contribution in [3.8, 4) is 5.75 Å². The van der Waals surface area contributed by atoms with Crippen LogP contribution in [0.3, 0.4) is 0 Å². The van der Waals surface area contributed by atoms with E-state index >= 15 is 0 Å². The fourth-order valence-corrected chi connectivity index (χ4v) is 2.74. The number of hydrogen-bond acceptors (Lipinski definition) is 2. The predicted octanol–water partition coefficient (Wildman–Crippen LogP) is 3.27. The van der Waals surface area contributed by atoms with Gasteiger partial charge in [0.15, 0.2) is 11.6 Å². The van der Waals surface area contributed by atoms with Crippen molar-refractivity contribution in [1.29, 1.82) is 0 Å². The molecule has 2 rings (SSSR count). The Labute approximate surface area is 102 Å². The molecule has 0 amide bonds. The Morgan fingerprint density at radius 1 is 1.41 bits per heavy atom. The molecule has 1 fully saturated rings. The molecule has 1 aromatic rings. The largest absolute Gasteiger partial charge is 0.494 e. The standard InChI is InChI=1S/C14H20FNO/c1-9-3-4-10(7-9)14(16)11-5-6-13(17-2)12(15)8-11/h5-6,8-10,14H,3-4,7,16H2,1-2H3. The molecule has 1 aromatic carbocycles. The minimum Gasteiger partial charge on any atom is -0.494 e. The molecule has 0 saturated heterocycles. The van der Waals surface area contributed by atoms with Crippen LogP contribution in [-0.2, 0) is 0 Å². The Bertz CT molecular complexity index is 394. The highest BCUT2D eigenvalue weighted by molar-refractivity contribution is 5.31. The van der Waals surface area contributed by atoms with Crippen LogP contribution in [0.4, 0.5) is 4.39 Å². The zero-order valence-corrected chi connectivity index (χ0v) is 10.4. The summed E-state index contributed by atoms with van der Waals surface area (Å²) < 4.78 is 18.5. The van der Waals surface area contributed by atoms with Gasteiger partial charge in [-0.1, -0.05) is 19.4 Å². The molecule has 1 saturated carbocycles. The van der Waals surface area contributed by atoms with Crippen molar-refractivity contribution in [2.75, 3.05) is 7.11 Å². The first-order valence-corrected chi connectivity index (χ1v) is 6.21. The van der Waals surface area contributed by atoms with Crippen molar-refractivity contribution in [1.82, 2.24) is 0 Å². The maximum atomic E-state index is 13.6. The predicted molar refractivity (Wildman–Crippen MR) is 66.4 cm³/mol. The lowest BCUT2D eigenvalue weighted by molar-refractivity contribution is 0.383. The fraction of sp³-hybridized carbons (Fsp3) is 0.571. The Balaban J connectivity index is 2.14. The number of hydrogen-bond donors (Lipinski definition) is 1. The van der Waals surface area contributed by atoms with E-state index in [2.05, 4.69) is 6.92 Å². The van der Waals surface area contributed by atoms with Crippen molar-refractivity contribution in [3.63, 3.8) is 0 Å². The van der Waals surface area contributed by atoms with Gasteiger partial charge in [0.25, 0.3) is 0 Å². The highest BCUT2D eigenvalue weighted by Crippen LogP contribution is 2.38. The van der Waals surface area contributed by atoms with Gasteiger partial charge < -0.3 is 10.5 Å². The van der Waals surface area contributed by atoms with Gasteiger partial charge in [0.1, 0.15) is 0 Å². The summed E-state index contributed by atoms with van der Waals surface area (Å²) >= 11 is 0. The third-order valence-electron chi connectivity index (χ3n) is 3.80. The van der Waals surface area contributed by atoms with E-state index in [9.17, 15) is 4.39 Å². The molecule has 0 aliphatic heterocycles. The van der Waals surface area contributed by atoms with Gasteiger partial charge in [-0.25, -0.2) is 4.39 Å². The normalized spacial score (nSPS) is 25.9. The Kier molecular flexibility index (Phi) is 3.67. The first kappa shape index (κ1) is 12.4. The Hall–Kier alpha value is -1.09. The van der Waals surface area contributed by atoms with Crippen molar-refractivity contribution < 1.29 is 9.13 Å². The molecule has 1 aliphatic carbocycles. The van der Waals surface area contributed by atoms with E-state index in [0.29, 0.717) is 5.92 Å². The first-order valence-electron chi connectivity index (χ1n) is 6.21. The minimum absolute atomic E-state index is 0.0552. The Morgan fingerprint density at radius 3 is 2.71 bits per heavy atom. The highest BCUT2D eigenvalue weighted by atomic mass is 19.1. The van der Waals surface area contributed by atoms with Crippen molar-refractivity contribution in [3.05, 3.63) is 29.6 Å². The fourth-order valence-electron chi connectivity index (χ4n) is 2.74. The molecule has 0 heterocycles. The smallest absolute Gasteiger partial charge is 0.165 e. The average molecular weight is 237 g/mol. The number of ether oxygens (including phenoxy) is 1. The van der Waals surface area contributed by atoms with E-state index in [1.807, 2.05) is 6.07 Å². The molecule has 0 aromatic heterocycles. The maximum absolute atomic E-state index is 13.6. The molecule has 0 spiro atoms. The zero-order chi connectivity index (χ0) is 12.4. The lowest BCUT2D eigenvalue weighted by atomic mass is 9.91. The summed E-state index contributed by atoms with van der Waals surface area (Å²) in [7, 11) is 1.47. The van der Waals surface area contributed by atoms with Gasteiger partial charge in [0.05, 0.1) is 7.11 Å². The number of nitrogens with two attached hydrogens (primary N) is 1. The molecule has 94 valence electrons. The van der Waals surface area contributed by atoms with Gasteiger partial charge in [-0.3, -0.25) is 0 Å². The summed E-state index contributed by atoms with van der Waals surface area (Å²) in [5.41, 5.74) is 7.09. The zero-order valence-electron chi connectivity index (χ0n) is 10.4. The molecule has 3 unspecified atom stereocenters. The third kappa shape index (κ3) is 2.60. The van der Waals surface area contributed by atoms with E-state index in [1.54, 1.807) is 6.07 Å². The Morgan fingerprint density at radius 2 is 2.18 bits per heavy atom. The van der Waals surface area contributed by atoms with Crippen LogP contribution in [0.25, 0.3) is 0 Å². The van der Waals surface area contributed by atoms with Crippen LogP contribution in [0.2, 0.25) is 0 Å². The van der Waals surface area contributed by atoms with Gasteiger partial charge in [-0.2, -0.15) is 0 Å². The number of benzene rings is 1. The number of methoxy groups -OCH3 is 1. The SMILES string of the molecule is COc1ccc(C(N)C2CCC(C)C2)cc1F. The topological polar surface area (TPSA) is 35.2 Å². The quantitative estimate of drug-likeness (QED) is 0.875. The number of halogens is 1. The highest BCUT2D eigenvalue weighted by Gasteiger charge is 2.27. The molecule has 0 bridgehead atoms.